The summed E-state index contributed by atoms with van der Waals surface area (Å²) in [5.41, 5.74) is -2.06. The van der Waals surface area contributed by atoms with Gasteiger partial charge in [0.1, 0.15) is 5.54 Å². The van der Waals surface area contributed by atoms with Crippen molar-refractivity contribution in [3.63, 3.8) is 0 Å². The number of hydrogen-bond donors (Lipinski definition) is 0. The number of hydrogen-bond acceptors (Lipinski definition) is 4. The van der Waals surface area contributed by atoms with Crippen LogP contribution in [0.2, 0.25) is 0 Å². The van der Waals surface area contributed by atoms with Crippen molar-refractivity contribution in [1.82, 2.24) is 5.06 Å². The Morgan fingerprint density at radius 3 is 1.60 bits per heavy atom. The summed E-state index contributed by atoms with van der Waals surface area (Å²) in [6, 6.07) is 4.40. The number of hydroxylamine groups is 2. The monoisotopic (exact) mass is 279 g/mol. The summed E-state index contributed by atoms with van der Waals surface area (Å²) in [5.74, 6) is 0. The molecular weight excluding hydrogens is 250 g/mol. The van der Waals surface area contributed by atoms with E-state index in [1.807, 2.05) is 27.7 Å². The third-order valence-electron chi connectivity index (χ3n) is 2.88. The quantitative estimate of drug-likeness (QED) is 0.713. The second kappa shape index (κ2) is 5.72. The number of rotatable bonds is 5. The molecule has 0 aliphatic rings. The molecule has 4 nitrogen and oxygen atoms in total. The normalized spacial score (nSPS) is 14.0. The van der Waals surface area contributed by atoms with Crippen LogP contribution >= 0.6 is 0 Å². The highest BCUT2D eigenvalue weighted by atomic mass is 16.7. The summed E-state index contributed by atoms with van der Waals surface area (Å²) in [7, 11) is 0. The van der Waals surface area contributed by atoms with Gasteiger partial charge in [-0.2, -0.15) is 15.6 Å². The zero-order valence-corrected chi connectivity index (χ0v) is 14.5. The molecule has 0 saturated heterocycles. The minimum absolute atomic E-state index is 0.0907. The van der Waals surface area contributed by atoms with Crippen molar-refractivity contribution in [3.8, 4) is 12.1 Å². The fourth-order valence-electron chi connectivity index (χ4n) is 2.66. The molecule has 0 aliphatic carbocycles. The van der Waals surface area contributed by atoms with E-state index in [-0.39, 0.29) is 11.0 Å². The molecule has 20 heavy (non-hydrogen) atoms. The minimum Gasteiger partial charge on any atom is -0.276 e. The van der Waals surface area contributed by atoms with Gasteiger partial charge in [0.05, 0.1) is 12.1 Å². The molecule has 0 amide bonds. The first-order valence-electron chi connectivity index (χ1n) is 6.99. The van der Waals surface area contributed by atoms with E-state index in [1.165, 1.54) is 0 Å². The lowest BCUT2D eigenvalue weighted by molar-refractivity contribution is -0.296. The lowest BCUT2D eigenvalue weighted by atomic mass is 9.80. The molecule has 0 unspecified atom stereocenters. The van der Waals surface area contributed by atoms with Crippen LogP contribution in [0.3, 0.4) is 0 Å². The van der Waals surface area contributed by atoms with Crippen LogP contribution in [0, 0.1) is 28.1 Å². The molecule has 114 valence electrons. The third-order valence-corrected chi connectivity index (χ3v) is 2.88. The van der Waals surface area contributed by atoms with E-state index >= 15 is 0 Å². The molecule has 0 aliphatic heterocycles. The van der Waals surface area contributed by atoms with Crippen molar-refractivity contribution in [2.24, 2.45) is 5.41 Å². The van der Waals surface area contributed by atoms with Gasteiger partial charge in [0.15, 0.2) is 5.60 Å². The van der Waals surface area contributed by atoms with E-state index in [2.05, 4.69) is 32.9 Å². The topological polar surface area (TPSA) is 60.0 Å². The molecule has 0 aromatic rings. The predicted octanol–water partition coefficient (Wildman–Crippen LogP) is 4.04. The van der Waals surface area contributed by atoms with E-state index < -0.39 is 11.1 Å². The van der Waals surface area contributed by atoms with Gasteiger partial charge >= 0.3 is 0 Å². The van der Waals surface area contributed by atoms with Gasteiger partial charge in [0.2, 0.25) is 0 Å². The predicted molar refractivity (Wildman–Crippen MR) is 80.5 cm³/mol. The summed E-state index contributed by atoms with van der Waals surface area (Å²) in [6.45, 7) is 17.6. The Labute approximate surface area is 124 Å². The highest BCUT2D eigenvalue weighted by Crippen LogP contribution is 2.37. The highest BCUT2D eigenvalue weighted by Gasteiger charge is 2.44. The van der Waals surface area contributed by atoms with Gasteiger partial charge < -0.3 is 0 Å². The van der Waals surface area contributed by atoms with Gasteiger partial charge in [-0.15, -0.1) is 0 Å². The minimum atomic E-state index is -0.969. The molecule has 0 fully saturated rings. The maximum absolute atomic E-state index is 9.44. The second-order valence-corrected chi connectivity index (χ2v) is 8.23. The zero-order chi connectivity index (χ0) is 16.4. The SMILES string of the molecule is CC(C)(C)CC(C)(C)N(OC(C)(C)C#N)C(C)(C)C#N. The maximum Gasteiger partial charge on any atom is 0.170 e. The third kappa shape index (κ3) is 5.49. The first-order chi connectivity index (χ1) is 8.67. The van der Waals surface area contributed by atoms with Gasteiger partial charge in [-0.05, 0) is 53.4 Å². The summed E-state index contributed by atoms with van der Waals surface area (Å²) >= 11 is 0. The fourth-order valence-corrected chi connectivity index (χ4v) is 2.66. The zero-order valence-electron chi connectivity index (χ0n) is 14.5. The molecule has 0 spiro atoms. The second-order valence-electron chi connectivity index (χ2n) is 8.23. The Balaban J connectivity index is 5.57. The largest absolute Gasteiger partial charge is 0.276 e. The van der Waals surface area contributed by atoms with Gasteiger partial charge in [0, 0.05) is 5.54 Å². The lowest BCUT2D eigenvalue weighted by Gasteiger charge is -2.48. The van der Waals surface area contributed by atoms with Crippen molar-refractivity contribution in [2.45, 2.75) is 85.4 Å². The Hall–Kier alpha value is -1.10. The summed E-state index contributed by atoms with van der Waals surface area (Å²) in [6.07, 6.45) is 0.840. The fraction of sp³-hybridized carbons (Fsp3) is 0.875. The van der Waals surface area contributed by atoms with E-state index in [0.717, 1.165) is 6.42 Å². The maximum atomic E-state index is 9.44. The Bertz CT molecular complexity index is 416. The average molecular weight is 279 g/mol. The molecule has 4 heteroatoms. The van der Waals surface area contributed by atoms with Crippen LogP contribution in [0.1, 0.15) is 68.7 Å². The van der Waals surface area contributed by atoms with E-state index in [9.17, 15) is 10.5 Å². The van der Waals surface area contributed by atoms with Gasteiger partial charge in [0.25, 0.3) is 0 Å². The molecule has 0 bridgehead atoms. The van der Waals surface area contributed by atoms with Gasteiger partial charge in [-0.1, -0.05) is 20.8 Å². The van der Waals surface area contributed by atoms with Crippen LogP contribution in [-0.4, -0.2) is 21.7 Å². The van der Waals surface area contributed by atoms with Crippen LogP contribution in [0.15, 0.2) is 0 Å². The van der Waals surface area contributed by atoms with Crippen molar-refractivity contribution in [2.75, 3.05) is 0 Å². The standard InChI is InChI=1S/C16H29N3O/c1-13(2,3)10-14(4,5)19(15(6,7)11-17)20-16(8,9)12-18/h10H2,1-9H3. The lowest BCUT2D eigenvalue weighted by Crippen LogP contribution is -2.58. The highest BCUT2D eigenvalue weighted by molar-refractivity contribution is 5.05. The van der Waals surface area contributed by atoms with Crippen molar-refractivity contribution in [3.05, 3.63) is 0 Å². The van der Waals surface area contributed by atoms with Crippen molar-refractivity contribution in [1.29, 1.82) is 10.5 Å². The Morgan fingerprint density at radius 2 is 1.30 bits per heavy atom. The Morgan fingerprint density at radius 1 is 0.850 bits per heavy atom. The summed E-state index contributed by atoms with van der Waals surface area (Å²) in [4.78, 5) is 5.90. The molecule has 0 aromatic carbocycles. The average Bonchev–Trinajstić information content (AvgIpc) is 2.22. The molecule has 0 aromatic heterocycles. The molecule has 0 rings (SSSR count). The number of nitriles is 2. The van der Waals surface area contributed by atoms with E-state index in [0.29, 0.717) is 0 Å². The van der Waals surface area contributed by atoms with Crippen molar-refractivity contribution >= 4 is 0 Å². The van der Waals surface area contributed by atoms with Crippen LogP contribution in [0.25, 0.3) is 0 Å². The van der Waals surface area contributed by atoms with Crippen LogP contribution in [0.5, 0.6) is 0 Å². The summed E-state index contributed by atoms with van der Waals surface area (Å²) < 4.78 is 0. The van der Waals surface area contributed by atoms with E-state index in [4.69, 9.17) is 4.84 Å². The molecule has 0 heterocycles. The van der Waals surface area contributed by atoms with Crippen LogP contribution in [-0.2, 0) is 4.84 Å². The van der Waals surface area contributed by atoms with Gasteiger partial charge in [-0.25, -0.2) is 0 Å². The van der Waals surface area contributed by atoms with Crippen LogP contribution < -0.4 is 0 Å². The molecule has 0 N–H and O–H groups in total. The first kappa shape index (κ1) is 18.9. The van der Waals surface area contributed by atoms with Gasteiger partial charge in [-0.3, -0.25) is 4.84 Å². The molecule has 0 atom stereocenters. The molecular formula is C16H29N3O. The molecule has 0 radical (unpaired) electrons. The number of nitrogens with zero attached hydrogens (tertiary/aromatic N) is 3. The molecule has 0 saturated carbocycles. The van der Waals surface area contributed by atoms with E-state index in [1.54, 1.807) is 18.9 Å². The van der Waals surface area contributed by atoms with Crippen LogP contribution in [0.4, 0.5) is 0 Å². The first-order valence-corrected chi connectivity index (χ1v) is 6.99. The smallest absolute Gasteiger partial charge is 0.170 e. The summed E-state index contributed by atoms with van der Waals surface area (Å²) in [5, 5.41) is 20.3. The van der Waals surface area contributed by atoms with Crippen molar-refractivity contribution < 1.29 is 4.84 Å². The Kier molecular flexibility index (Phi) is 5.40.